The van der Waals surface area contributed by atoms with E-state index in [9.17, 15) is 9.59 Å². The first-order valence-corrected chi connectivity index (χ1v) is 9.87. The van der Waals surface area contributed by atoms with Gasteiger partial charge < -0.3 is 9.47 Å². The second-order valence-electron chi connectivity index (χ2n) is 9.25. The smallest absolute Gasteiger partial charge is 0.438 e. The molecule has 6 atom stereocenters. The Labute approximate surface area is 150 Å². The summed E-state index contributed by atoms with van der Waals surface area (Å²) in [5.74, 6) is 2.14. The lowest BCUT2D eigenvalue weighted by atomic mass is 9.47. The zero-order valence-corrected chi connectivity index (χ0v) is 15.7. The third kappa shape index (κ3) is 2.55. The molecule has 0 aromatic heterocycles. The lowest BCUT2D eigenvalue weighted by Crippen LogP contribution is -2.51. The average Bonchev–Trinajstić information content (AvgIpc) is 2.97. The highest BCUT2D eigenvalue weighted by Gasteiger charge is 2.57. The normalized spacial score (nSPS) is 45.7. The summed E-state index contributed by atoms with van der Waals surface area (Å²) in [4.78, 5) is 24.0. The van der Waals surface area contributed by atoms with Gasteiger partial charge >= 0.3 is 6.16 Å². The number of hydrogen-bond donors (Lipinski definition) is 0. The SMILES string of the molecule is COC(=O)OC1C[C@@]2(C)C(=CC1=O)CC[C@H]1[C@@H]3CCC[C@@]3(C)CC[C@@H]12. The molecule has 4 heteroatoms. The standard InChI is InChI=1S/C21H30O4/c1-20-9-4-5-15(20)14-7-6-13-11-17(22)18(25-19(23)24-3)12-21(13,2)16(14)8-10-20/h11,14-16,18H,4-10,12H2,1-3H3/t14-,15-,16-,18?,20-,21-/m0/s1. The van der Waals surface area contributed by atoms with Crippen molar-refractivity contribution in [2.75, 3.05) is 7.11 Å². The van der Waals surface area contributed by atoms with E-state index in [1.54, 1.807) is 6.08 Å². The van der Waals surface area contributed by atoms with Crippen molar-refractivity contribution in [1.82, 2.24) is 0 Å². The summed E-state index contributed by atoms with van der Waals surface area (Å²) < 4.78 is 9.91. The molecule has 0 radical (unpaired) electrons. The van der Waals surface area contributed by atoms with E-state index in [-0.39, 0.29) is 11.2 Å². The Bertz CT molecular complexity index is 623. The molecule has 0 N–H and O–H groups in total. The molecular weight excluding hydrogens is 316 g/mol. The van der Waals surface area contributed by atoms with E-state index < -0.39 is 12.3 Å². The van der Waals surface area contributed by atoms with Crippen LogP contribution < -0.4 is 0 Å². The molecule has 4 aliphatic rings. The maximum atomic E-state index is 12.4. The van der Waals surface area contributed by atoms with Crippen molar-refractivity contribution in [1.29, 1.82) is 0 Å². The number of rotatable bonds is 1. The van der Waals surface area contributed by atoms with Crippen molar-refractivity contribution in [3.8, 4) is 0 Å². The molecule has 0 saturated heterocycles. The van der Waals surface area contributed by atoms with Crippen LogP contribution >= 0.6 is 0 Å². The van der Waals surface area contributed by atoms with Gasteiger partial charge in [0.15, 0.2) is 11.9 Å². The second kappa shape index (κ2) is 5.85. The summed E-state index contributed by atoms with van der Waals surface area (Å²) in [6.07, 6.45) is 9.89. The fraction of sp³-hybridized carbons (Fsp3) is 0.810. The van der Waals surface area contributed by atoms with Gasteiger partial charge in [-0.1, -0.05) is 25.8 Å². The Morgan fingerprint density at radius 1 is 1.16 bits per heavy atom. The number of carbonyl (C=O) groups excluding carboxylic acids is 2. The molecule has 138 valence electrons. The molecule has 3 fully saturated rings. The molecule has 0 bridgehead atoms. The van der Waals surface area contributed by atoms with Gasteiger partial charge in [-0.05, 0) is 73.2 Å². The number of allylic oxidation sites excluding steroid dienone is 1. The van der Waals surface area contributed by atoms with E-state index in [0.29, 0.717) is 17.8 Å². The predicted molar refractivity (Wildman–Crippen MR) is 94.0 cm³/mol. The van der Waals surface area contributed by atoms with Gasteiger partial charge in [0.25, 0.3) is 0 Å². The van der Waals surface area contributed by atoms with Crippen LogP contribution in [-0.2, 0) is 14.3 Å². The minimum Gasteiger partial charge on any atom is -0.438 e. The highest BCUT2D eigenvalue weighted by atomic mass is 16.7. The fourth-order valence-electron chi connectivity index (χ4n) is 6.85. The largest absolute Gasteiger partial charge is 0.508 e. The van der Waals surface area contributed by atoms with E-state index in [2.05, 4.69) is 18.6 Å². The third-order valence-corrected chi connectivity index (χ3v) is 8.17. The topological polar surface area (TPSA) is 52.6 Å². The van der Waals surface area contributed by atoms with Crippen molar-refractivity contribution >= 4 is 11.9 Å². The highest BCUT2D eigenvalue weighted by molar-refractivity contribution is 5.96. The van der Waals surface area contributed by atoms with Gasteiger partial charge in [-0.25, -0.2) is 4.79 Å². The zero-order chi connectivity index (χ0) is 17.8. The summed E-state index contributed by atoms with van der Waals surface area (Å²) in [6.45, 7) is 4.81. The number of hydrogen-bond acceptors (Lipinski definition) is 4. The van der Waals surface area contributed by atoms with Crippen LogP contribution in [0.3, 0.4) is 0 Å². The highest BCUT2D eigenvalue weighted by Crippen LogP contribution is 2.65. The van der Waals surface area contributed by atoms with Crippen molar-refractivity contribution in [2.24, 2.45) is 28.6 Å². The minimum atomic E-state index is -0.752. The first kappa shape index (κ1) is 17.1. The first-order valence-electron chi connectivity index (χ1n) is 9.87. The first-order chi connectivity index (χ1) is 11.9. The van der Waals surface area contributed by atoms with E-state index >= 15 is 0 Å². The number of carbonyl (C=O) groups is 2. The predicted octanol–water partition coefficient (Wildman–Crippen LogP) is 4.67. The van der Waals surface area contributed by atoms with Crippen LogP contribution in [-0.4, -0.2) is 25.2 Å². The number of ketones is 1. The molecule has 0 aromatic carbocycles. The molecule has 4 nitrogen and oxygen atoms in total. The molecule has 4 rings (SSSR count). The monoisotopic (exact) mass is 346 g/mol. The van der Waals surface area contributed by atoms with Crippen molar-refractivity contribution in [3.05, 3.63) is 11.6 Å². The Balaban J connectivity index is 1.62. The van der Waals surface area contributed by atoms with Gasteiger partial charge in [0, 0.05) is 6.42 Å². The maximum Gasteiger partial charge on any atom is 0.508 e. The van der Waals surface area contributed by atoms with Crippen LogP contribution in [0.4, 0.5) is 4.79 Å². The van der Waals surface area contributed by atoms with Gasteiger partial charge in [-0.15, -0.1) is 0 Å². The Morgan fingerprint density at radius 2 is 1.96 bits per heavy atom. The van der Waals surface area contributed by atoms with Gasteiger partial charge in [-0.2, -0.15) is 0 Å². The Kier molecular flexibility index (Phi) is 4.01. The molecule has 0 aromatic rings. The lowest BCUT2D eigenvalue weighted by molar-refractivity contribution is -0.130. The summed E-state index contributed by atoms with van der Waals surface area (Å²) in [7, 11) is 1.29. The summed E-state index contributed by atoms with van der Waals surface area (Å²) in [5.41, 5.74) is 1.81. The van der Waals surface area contributed by atoms with Crippen LogP contribution in [0, 0.1) is 28.6 Å². The minimum absolute atomic E-state index is 0.0144. The van der Waals surface area contributed by atoms with Gasteiger partial charge in [-0.3, -0.25) is 4.79 Å². The molecule has 0 heterocycles. The molecule has 4 aliphatic carbocycles. The number of methoxy groups -OCH3 is 1. The van der Waals surface area contributed by atoms with E-state index in [1.807, 2.05) is 0 Å². The van der Waals surface area contributed by atoms with Gasteiger partial charge in [0.1, 0.15) is 0 Å². The third-order valence-electron chi connectivity index (χ3n) is 8.17. The van der Waals surface area contributed by atoms with Crippen molar-refractivity contribution in [3.63, 3.8) is 0 Å². The van der Waals surface area contributed by atoms with Crippen LogP contribution in [0.15, 0.2) is 11.6 Å². The van der Waals surface area contributed by atoms with E-state index in [4.69, 9.17) is 4.74 Å². The van der Waals surface area contributed by atoms with Crippen LogP contribution in [0.5, 0.6) is 0 Å². The number of ether oxygens (including phenoxy) is 2. The van der Waals surface area contributed by atoms with Crippen LogP contribution in [0.25, 0.3) is 0 Å². The molecule has 1 unspecified atom stereocenters. The zero-order valence-electron chi connectivity index (χ0n) is 15.7. The maximum absolute atomic E-state index is 12.4. The lowest BCUT2D eigenvalue weighted by Gasteiger charge is -2.57. The fourth-order valence-corrected chi connectivity index (χ4v) is 6.85. The molecule has 25 heavy (non-hydrogen) atoms. The Morgan fingerprint density at radius 3 is 2.72 bits per heavy atom. The van der Waals surface area contributed by atoms with Crippen LogP contribution in [0.2, 0.25) is 0 Å². The molecule has 0 amide bonds. The molecule has 0 spiro atoms. The Hall–Kier alpha value is -1.32. The average molecular weight is 346 g/mol. The quantitative estimate of drug-likeness (QED) is 0.647. The number of fused-ring (bicyclic) bond motifs is 5. The molecule has 0 aliphatic heterocycles. The van der Waals surface area contributed by atoms with E-state index in [0.717, 1.165) is 18.3 Å². The van der Waals surface area contributed by atoms with Crippen molar-refractivity contribution in [2.45, 2.75) is 71.3 Å². The summed E-state index contributed by atoms with van der Waals surface area (Å²) in [6, 6.07) is 0. The van der Waals surface area contributed by atoms with Gasteiger partial charge in [0.2, 0.25) is 0 Å². The van der Waals surface area contributed by atoms with Crippen molar-refractivity contribution < 1.29 is 19.1 Å². The molecular formula is C21H30O4. The van der Waals surface area contributed by atoms with Crippen LogP contribution in [0.1, 0.15) is 65.2 Å². The van der Waals surface area contributed by atoms with E-state index in [1.165, 1.54) is 51.2 Å². The van der Waals surface area contributed by atoms with Gasteiger partial charge in [0.05, 0.1) is 7.11 Å². The summed E-state index contributed by atoms with van der Waals surface area (Å²) >= 11 is 0. The second-order valence-corrected chi connectivity index (χ2v) is 9.25. The molecule has 3 saturated carbocycles. The summed E-state index contributed by atoms with van der Waals surface area (Å²) in [5, 5.41) is 0.